The molecule has 1 unspecified atom stereocenters. The monoisotopic (exact) mass is 362 g/mol. The predicted octanol–water partition coefficient (Wildman–Crippen LogP) is 0.512. The molecule has 140 valence electrons. The first-order valence-corrected chi connectivity index (χ1v) is 8.63. The zero-order valence-corrected chi connectivity index (χ0v) is 15.9. The van der Waals surface area contributed by atoms with Gasteiger partial charge in [-0.2, -0.15) is 12.6 Å². The molecule has 0 bridgehead atoms. The quantitative estimate of drug-likeness (QED) is 0.335. The van der Waals surface area contributed by atoms with E-state index in [1.807, 2.05) is 13.8 Å². The molecule has 7 nitrogen and oxygen atoms in total. The minimum Gasteiger partial charge on any atom is -0.468 e. The van der Waals surface area contributed by atoms with E-state index in [0.717, 1.165) is 13.5 Å². The Bertz CT molecular complexity index is 429. The smallest absolute Gasteiger partial charge is 0.321 e. The first-order valence-electron chi connectivity index (χ1n) is 8.12. The van der Waals surface area contributed by atoms with Gasteiger partial charge in [0.2, 0.25) is 5.91 Å². The molecular weight excluding hydrogens is 332 g/mol. The molecule has 8 heteroatoms. The minimum atomic E-state index is -1.70. The van der Waals surface area contributed by atoms with Crippen LogP contribution in [0.2, 0.25) is 0 Å². The summed E-state index contributed by atoms with van der Waals surface area (Å²) >= 11 is 3.88. The van der Waals surface area contributed by atoms with E-state index in [-0.39, 0.29) is 11.8 Å². The molecule has 0 aliphatic rings. The summed E-state index contributed by atoms with van der Waals surface area (Å²) in [5.41, 5.74) is 0. The van der Waals surface area contributed by atoms with Gasteiger partial charge in [0.1, 0.15) is 11.3 Å². The maximum atomic E-state index is 12.3. The molecule has 0 saturated heterocycles. The molecule has 0 aromatic rings. The van der Waals surface area contributed by atoms with Crippen molar-refractivity contribution in [2.24, 2.45) is 11.8 Å². The Morgan fingerprint density at radius 3 is 2.12 bits per heavy atom. The Balaban J connectivity index is 4.78. The van der Waals surface area contributed by atoms with Crippen molar-refractivity contribution in [1.29, 1.82) is 0 Å². The number of carbonyl (C=O) groups is 3. The lowest BCUT2D eigenvalue weighted by atomic mass is 10.0. The number of aliphatic hydroxyl groups excluding tert-OH is 1. The Morgan fingerprint density at radius 2 is 1.67 bits per heavy atom. The highest BCUT2D eigenvalue weighted by Crippen LogP contribution is 2.09. The summed E-state index contributed by atoms with van der Waals surface area (Å²) in [4.78, 5) is 35.7. The van der Waals surface area contributed by atoms with Gasteiger partial charge in [-0.1, -0.05) is 27.7 Å². The van der Waals surface area contributed by atoms with Crippen LogP contribution in [0, 0.1) is 11.8 Å². The molecule has 3 atom stereocenters. The molecule has 3 N–H and O–H groups in total. The number of esters is 1. The molecule has 0 fully saturated rings. The number of aliphatic hydroxyl groups is 1. The summed E-state index contributed by atoms with van der Waals surface area (Å²) in [5, 5.41) is 13.8. The fourth-order valence-corrected chi connectivity index (χ4v) is 2.20. The lowest BCUT2D eigenvalue weighted by Gasteiger charge is -2.23. The van der Waals surface area contributed by atoms with Crippen LogP contribution >= 0.6 is 12.6 Å². The SMILES string of the molecule is COC(=O)C(S)[C@H](O)C(=O)N[C@@H](CC(C)C)C(=O)NCCC(C)C. The number of hydrogen-bond donors (Lipinski definition) is 4. The van der Waals surface area contributed by atoms with Crippen molar-refractivity contribution in [3.63, 3.8) is 0 Å². The third kappa shape index (κ3) is 8.54. The van der Waals surface area contributed by atoms with Gasteiger partial charge in [0, 0.05) is 6.54 Å². The average Bonchev–Trinajstić information content (AvgIpc) is 2.50. The highest BCUT2D eigenvalue weighted by molar-refractivity contribution is 7.81. The van der Waals surface area contributed by atoms with Gasteiger partial charge in [-0.15, -0.1) is 0 Å². The highest BCUT2D eigenvalue weighted by Gasteiger charge is 2.32. The Labute approximate surface area is 149 Å². The molecule has 2 amide bonds. The number of rotatable bonds is 10. The molecule has 0 rings (SSSR count). The normalized spacial score (nSPS) is 14.9. The summed E-state index contributed by atoms with van der Waals surface area (Å²) < 4.78 is 4.44. The third-order valence-corrected chi connectivity index (χ3v) is 3.86. The number of ether oxygens (including phenoxy) is 1. The van der Waals surface area contributed by atoms with Gasteiger partial charge in [0.15, 0.2) is 6.10 Å². The van der Waals surface area contributed by atoms with E-state index in [2.05, 4.69) is 41.8 Å². The molecule has 0 aromatic heterocycles. The summed E-state index contributed by atoms with van der Waals surface area (Å²) in [7, 11) is 1.14. The molecule has 0 radical (unpaired) electrons. The number of amides is 2. The van der Waals surface area contributed by atoms with Crippen LogP contribution in [-0.2, 0) is 19.1 Å². The van der Waals surface area contributed by atoms with Crippen LogP contribution in [0.4, 0.5) is 0 Å². The van der Waals surface area contributed by atoms with Gasteiger partial charge in [-0.05, 0) is 24.7 Å². The number of methoxy groups -OCH3 is 1. The average molecular weight is 362 g/mol. The lowest BCUT2D eigenvalue weighted by molar-refractivity contribution is -0.146. The largest absolute Gasteiger partial charge is 0.468 e. The van der Waals surface area contributed by atoms with Crippen molar-refractivity contribution in [3.05, 3.63) is 0 Å². The number of carbonyl (C=O) groups excluding carboxylic acids is 3. The van der Waals surface area contributed by atoms with Crippen molar-refractivity contribution < 1.29 is 24.2 Å². The zero-order chi connectivity index (χ0) is 18.9. The topological polar surface area (TPSA) is 105 Å². The predicted molar refractivity (Wildman–Crippen MR) is 94.6 cm³/mol. The summed E-state index contributed by atoms with van der Waals surface area (Å²) in [5.74, 6) is -1.34. The van der Waals surface area contributed by atoms with E-state index in [1.165, 1.54) is 0 Å². The fraction of sp³-hybridized carbons (Fsp3) is 0.812. The van der Waals surface area contributed by atoms with E-state index >= 15 is 0 Å². The lowest BCUT2D eigenvalue weighted by Crippen LogP contribution is -2.52. The van der Waals surface area contributed by atoms with Crippen LogP contribution in [0.15, 0.2) is 0 Å². The highest BCUT2D eigenvalue weighted by atomic mass is 32.1. The van der Waals surface area contributed by atoms with Crippen molar-refractivity contribution in [2.45, 2.75) is 57.9 Å². The molecule has 0 spiro atoms. The molecule has 24 heavy (non-hydrogen) atoms. The zero-order valence-electron chi connectivity index (χ0n) is 15.0. The van der Waals surface area contributed by atoms with Crippen molar-refractivity contribution in [2.75, 3.05) is 13.7 Å². The molecule has 0 saturated carbocycles. The van der Waals surface area contributed by atoms with E-state index in [1.54, 1.807) is 0 Å². The van der Waals surface area contributed by atoms with Crippen LogP contribution in [0.5, 0.6) is 0 Å². The molecule has 0 aliphatic carbocycles. The molecule has 0 heterocycles. The molecular formula is C16H30N2O5S. The maximum Gasteiger partial charge on any atom is 0.321 e. The van der Waals surface area contributed by atoms with Crippen molar-refractivity contribution in [3.8, 4) is 0 Å². The number of hydrogen-bond acceptors (Lipinski definition) is 6. The first kappa shape index (κ1) is 22.7. The summed E-state index contributed by atoms with van der Waals surface area (Å²) in [6.45, 7) is 8.46. The van der Waals surface area contributed by atoms with Crippen LogP contribution in [0.1, 0.15) is 40.5 Å². The second-order valence-corrected chi connectivity index (χ2v) is 7.13. The number of nitrogens with one attached hydrogen (secondary N) is 2. The standard InChI is InChI=1S/C16H30N2O5S/c1-9(2)6-7-17-14(20)11(8-10(3)4)18-15(21)12(19)13(24)16(22)23-5/h9-13,19,24H,6-8H2,1-5H3,(H,17,20)(H,18,21)/t11-,12-,13?/m0/s1. The van der Waals surface area contributed by atoms with E-state index in [4.69, 9.17) is 0 Å². The second-order valence-electron chi connectivity index (χ2n) is 6.58. The van der Waals surface area contributed by atoms with Gasteiger partial charge in [0.25, 0.3) is 5.91 Å². The summed E-state index contributed by atoms with van der Waals surface area (Å²) in [6.07, 6.45) is -0.446. The molecule has 0 aliphatic heterocycles. The summed E-state index contributed by atoms with van der Waals surface area (Å²) in [6, 6.07) is -0.780. The molecule has 0 aromatic carbocycles. The van der Waals surface area contributed by atoms with E-state index < -0.39 is 29.3 Å². The van der Waals surface area contributed by atoms with Crippen LogP contribution in [0.3, 0.4) is 0 Å². The number of thiol groups is 1. The first-order chi connectivity index (χ1) is 11.1. The second kappa shape index (κ2) is 11.3. The Morgan fingerprint density at radius 1 is 1.08 bits per heavy atom. The van der Waals surface area contributed by atoms with Crippen LogP contribution < -0.4 is 10.6 Å². The van der Waals surface area contributed by atoms with Gasteiger partial charge < -0.3 is 20.5 Å². The van der Waals surface area contributed by atoms with E-state index in [9.17, 15) is 19.5 Å². The van der Waals surface area contributed by atoms with Gasteiger partial charge in [0.05, 0.1) is 7.11 Å². The van der Waals surface area contributed by atoms with Crippen LogP contribution in [-0.4, -0.2) is 53.9 Å². The Kier molecular flexibility index (Phi) is 10.7. The fourth-order valence-electron chi connectivity index (χ4n) is 1.96. The maximum absolute atomic E-state index is 12.3. The van der Waals surface area contributed by atoms with Gasteiger partial charge >= 0.3 is 5.97 Å². The minimum absolute atomic E-state index is 0.163. The van der Waals surface area contributed by atoms with Gasteiger partial charge in [-0.3, -0.25) is 14.4 Å². The third-order valence-electron chi connectivity index (χ3n) is 3.37. The van der Waals surface area contributed by atoms with Crippen molar-refractivity contribution in [1.82, 2.24) is 10.6 Å². The van der Waals surface area contributed by atoms with E-state index in [0.29, 0.717) is 18.9 Å². The van der Waals surface area contributed by atoms with Gasteiger partial charge in [-0.25, -0.2) is 0 Å². The Hall–Kier alpha value is -1.28. The van der Waals surface area contributed by atoms with Crippen LogP contribution in [0.25, 0.3) is 0 Å². The van der Waals surface area contributed by atoms with Crippen molar-refractivity contribution >= 4 is 30.4 Å².